The molecule has 5 atom stereocenters. The van der Waals surface area contributed by atoms with Crippen LogP contribution in [0.2, 0.25) is 0 Å². The largest absolute Gasteiger partial charge is 0.457 e. The van der Waals surface area contributed by atoms with Crippen LogP contribution in [0.4, 0.5) is 10.5 Å². The first-order valence-corrected chi connectivity index (χ1v) is 15.1. The predicted molar refractivity (Wildman–Crippen MR) is 161 cm³/mol. The first kappa shape index (κ1) is 28.3. The number of ether oxygens (including phenoxy) is 2. The average molecular weight is 590 g/mol. The highest BCUT2D eigenvalue weighted by Gasteiger charge is 2.52. The third-order valence-electron chi connectivity index (χ3n) is 8.32. The molecule has 3 unspecified atom stereocenters. The van der Waals surface area contributed by atoms with Crippen molar-refractivity contribution < 1.29 is 23.9 Å². The molecule has 3 N–H and O–H groups in total. The van der Waals surface area contributed by atoms with Crippen LogP contribution in [0.15, 0.2) is 71.8 Å². The molecule has 0 radical (unpaired) electrons. The Morgan fingerprint density at radius 2 is 1.95 bits per heavy atom. The van der Waals surface area contributed by atoms with E-state index in [1.54, 1.807) is 12.0 Å². The van der Waals surface area contributed by atoms with Crippen LogP contribution < -0.4 is 25.6 Å². The fraction of sp³-hybridized carbons (Fsp3) is 0.387. The standard InChI is InChI=1S/C31H35N5O5S/c1-4-25(37)35-16-19(15-22(17-35)40-3)33-29(38)28-27-26-24(12-13-32-30(26)42-28)36(31(39)34-27)23-11-10-21(14-18(23)2)41-20-8-6-5-7-9-20/h4-11,14,19,22,24,26,30,32H,1,12-13,15-17H2,2-3H3,(H,33,38)(H,34,39)/t19-,22-,24?,26?,30?/m1/s1. The van der Waals surface area contributed by atoms with Gasteiger partial charge in [-0.25, -0.2) is 4.79 Å². The van der Waals surface area contributed by atoms with Gasteiger partial charge in [0.2, 0.25) is 5.91 Å². The van der Waals surface area contributed by atoms with E-state index in [9.17, 15) is 14.4 Å². The van der Waals surface area contributed by atoms with Gasteiger partial charge in [-0.3, -0.25) is 14.5 Å². The van der Waals surface area contributed by atoms with E-state index in [2.05, 4.69) is 22.5 Å². The highest BCUT2D eigenvalue weighted by Crippen LogP contribution is 2.48. The molecule has 0 bridgehead atoms. The van der Waals surface area contributed by atoms with Crippen molar-refractivity contribution in [2.24, 2.45) is 5.92 Å². The van der Waals surface area contributed by atoms with Gasteiger partial charge in [0, 0.05) is 43.5 Å². The molecule has 4 amide bonds. The Morgan fingerprint density at radius 3 is 2.69 bits per heavy atom. The van der Waals surface area contributed by atoms with Crippen molar-refractivity contribution in [3.05, 3.63) is 77.4 Å². The van der Waals surface area contributed by atoms with Crippen molar-refractivity contribution in [1.82, 2.24) is 20.9 Å². The molecule has 4 aliphatic rings. The number of likely N-dealkylation sites (tertiary alicyclic amines) is 1. The Morgan fingerprint density at radius 1 is 1.14 bits per heavy atom. The maximum absolute atomic E-state index is 13.7. The molecule has 0 spiro atoms. The van der Waals surface area contributed by atoms with Gasteiger partial charge in [-0.15, -0.1) is 0 Å². The number of hydrogen-bond donors (Lipinski definition) is 3. The van der Waals surface area contributed by atoms with E-state index >= 15 is 0 Å². The summed E-state index contributed by atoms with van der Waals surface area (Å²) in [6.07, 6.45) is 2.44. The van der Waals surface area contributed by atoms with Crippen LogP contribution in [0, 0.1) is 12.8 Å². The van der Waals surface area contributed by atoms with Crippen LogP contribution in [0.3, 0.4) is 0 Å². The minimum Gasteiger partial charge on any atom is -0.457 e. The van der Waals surface area contributed by atoms with Crippen LogP contribution in [0.25, 0.3) is 0 Å². The molecule has 0 aliphatic carbocycles. The smallest absolute Gasteiger partial charge is 0.326 e. The van der Waals surface area contributed by atoms with Gasteiger partial charge < -0.3 is 30.3 Å². The summed E-state index contributed by atoms with van der Waals surface area (Å²) in [4.78, 5) is 43.6. The lowest BCUT2D eigenvalue weighted by Crippen LogP contribution is -2.62. The minimum absolute atomic E-state index is 0.0412. The van der Waals surface area contributed by atoms with Gasteiger partial charge in [0.25, 0.3) is 5.91 Å². The van der Waals surface area contributed by atoms with Crippen molar-refractivity contribution in [3.63, 3.8) is 0 Å². The van der Waals surface area contributed by atoms with Crippen LogP contribution >= 0.6 is 11.8 Å². The van der Waals surface area contributed by atoms with Crippen LogP contribution in [0.1, 0.15) is 18.4 Å². The molecule has 2 aromatic carbocycles. The second-order valence-corrected chi connectivity index (χ2v) is 12.1. The van der Waals surface area contributed by atoms with E-state index in [0.29, 0.717) is 35.9 Å². The lowest BCUT2D eigenvalue weighted by Gasteiger charge is -2.46. The van der Waals surface area contributed by atoms with Gasteiger partial charge in [0.05, 0.1) is 22.4 Å². The fourth-order valence-corrected chi connectivity index (χ4v) is 7.78. The number of amides is 4. The number of anilines is 1. The van der Waals surface area contributed by atoms with E-state index in [1.807, 2.05) is 60.4 Å². The average Bonchev–Trinajstić information content (AvgIpc) is 3.37. The zero-order chi connectivity index (χ0) is 29.4. The molecule has 42 heavy (non-hydrogen) atoms. The number of urea groups is 1. The number of methoxy groups -OCH3 is 1. The number of nitrogens with one attached hydrogen (secondary N) is 3. The van der Waals surface area contributed by atoms with E-state index in [-0.39, 0.29) is 47.3 Å². The molecule has 0 saturated carbocycles. The molecule has 4 heterocycles. The van der Waals surface area contributed by atoms with E-state index in [1.165, 1.54) is 17.8 Å². The summed E-state index contributed by atoms with van der Waals surface area (Å²) in [6, 6.07) is 14.7. The molecule has 10 nitrogen and oxygen atoms in total. The Hall–Kier alpha value is -3.80. The number of benzene rings is 2. The maximum atomic E-state index is 13.7. The minimum atomic E-state index is -0.282. The number of para-hydroxylation sites is 1. The normalized spacial score (nSPS) is 26.8. The lowest BCUT2D eigenvalue weighted by molar-refractivity contribution is -0.131. The Balaban J connectivity index is 1.22. The number of nitrogens with zero attached hydrogens (tertiary/aromatic N) is 2. The van der Waals surface area contributed by atoms with Crippen molar-refractivity contribution in [3.8, 4) is 11.5 Å². The molecule has 4 aliphatic heterocycles. The zero-order valence-corrected chi connectivity index (χ0v) is 24.5. The van der Waals surface area contributed by atoms with E-state index in [4.69, 9.17) is 9.47 Å². The molecular formula is C31H35N5O5S. The van der Waals surface area contributed by atoms with Crippen LogP contribution in [-0.4, -0.2) is 73.1 Å². The monoisotopic (exact) mass is 589 g/mol. The zero-order valence-electron chi connectivity index (χ0n) is 23.7. The lowest BCUT2D eigenvalue weighted by atomic mass is 9.86. The van der Waals surface area contributed by atoms with Crippen molar-refractivity contribution in [2.45, 2.75) is 43.3 Å². The summed E-state index contributed by atoms with van der Waals surface area (Å²) in [5, 5.41) is 9.68. The van der Waals surface area contributed by atoms with Crippen molar-refractivity contribution >= 4 is 35.3 Å². The molecule has 11 heteroatoms. The molecule has 0 aromatic heterocycles. The summed E-state index contributed by atoms with van der Waals surface area (Å²) in [5.74, 6) is 0.937. The van der Waals surface area contributed by atoms with Gasteiger partial charge >= 0.3 is 6.03 Å². The van der Waals surface area contributed by atoms with E-state index in [0.717, 1.165) is 30.0 Å². The van der Waals surface area contributed by atoms with Crippen LogP contribution in [0.5, 0.6) is 11.5 Å². The number of carbonyl (C=O) groups excluding carboxylic acids is 3. The summed E-state index contributed by atoms with van der Waals surface area (Å²) >= 11 is 1.46. The summed E-state index contributed by atoms with van der Waals surface area (Å²) in [7, 11) is 1.61. The first-order valence-electron chi connectivity index (χ1n) is 14.2. The topological polar surface area (TPSA) is 112 Å². The molecule has 6 rings (SSSR count). The molecule has 3 fully saturated rings. The fourth-order valence-electron chi connectivity index (χ4n) is 6.38. The highest BCUT2D eigenvalue weighted by molar-refractivity contribution is 8.04. The van der Waals surface area contributed by atoms with Gasteiger partial charge in [0.15, 0.2) is 0 Å². The molecule has 3 saturated heterocycles. The summed E-state index contributed by atoms with van der Waals surface area (Å²) in [5.41, 5.74) is 2.41. The maximum Gasteiger partial charge on any atom is 0.326 e. The van der Waals surface area contributed by atoms with Crippen LogP contribution in [-0.2, 0) is 14.3 Å². The molecule has 2 aromatic rings. The second-order valence-electron chi connectivity index (χ2n) is 11.0. The highest BCUT2D eigenvalue weighted by atomic mass is 32.2. The number of carbonyl (C=O) groups is 3. The number of rotatable bonds is 7. The number of piperidine rings is 2. The number of thioether (sulfide) groups is 1. The third kappa shape index (κ3) is 5.39. The predicted octanol–water partition coefficient (Wildman–Crippen LogP) is 3.50. The molecule has 220 valence electrons. The summed E-state index contributed by atoms with van der Waals surface area (Å²) < 4.78 is 11.5. The third-order valence-corrected chi connectivity index (χ3v) is 9.68. The second kappa shape index (κ2) is 11.8. The quantitative estimate of drug-likeness (QED) is 0.424. The number of aryl methyl sites for hydroxylation is 1. The molecular weight excluding hydrogens is 554 g/mol. The van der Waals surface area contributed by atoms with Gasteiger partial charge in [-0.1, -0.05) is 36.5 Å². The van der Waals surface area contributed by atoms with Crippen molar-refractivity contribution in [1.29, 1.82) is 0 Å². The Bertz CT molecular complexity index is 1430. The summed E-state index contributed by atoms with van der Waals surface area (Å²) in [6.45, 7) is 7.13. The number of hydrogen-bond acceptors (Lipinski definition) is 7. The Labute approximate surface area is 249 Å². The Kier molecular flexibility index (Phi) is 7.98. The van der Waals surface area contributed by atoms with Crippen molar-refractivity contribution in [2.75, 3.05) is 31.6 Å². The van der Waals surface area contributed by atoms with Gasteiger partial charge in [0.1, 0.15) is 11.5 Å². The van der Waals surface area contributed by atoms with Gasteiger partial charge in [-0.05, 0) is 68.3 Å². The van der Waals surface area contributed by atoms with E-state index < -0.39 is 0 Å². The first-order chi connectivity index (χ1) is 20.4. The van der Waals surface area contributed by atoms with Gasteiger partial charge in [-0.2, -0.15) is 0 Å². The SMILES string of the molecule is C=CC(=O)N1C[C@H](NC(=O)C2=C3NC(=O)N(c4ccc(Oc5ccccc5)cc4C)C4CCNC(S2)C34)C[C@@H](OC)C1.